The second kappa shape index (κ2) is 7.72. The Hall–Kier alpha value is -1.78. The molecule has 0 saturated carbocycles. The van der Waals surface area contributed by atoms with Crippen molar-refractivity contribution >= 4 is 33.9 Å². The number of rotatable bonds is 7. The third kappa shape index (κ3) is 4.40. The summed E-state index contributed by atoms with van der Waals surface area (Å²) in [6.07, 6.45) is 1.46. The van der Waals surface area contributed by atoms with Crippen molar-refractivity contribution in [3.63, 3.8) is 0 Å². The van der Waals surface area contributed by atoms with E-state index >= 15 is 0 Å². The zero-order valence-electron chi connectivity index (χ0n) is 11.0. The van der Waals surface area contributed by atoms with E-state index in [-0.39, 0.29) is 0 Å². The molecule has 2 rings (SSSR count). The lowest BCUT2D eigenvalue weighted by Gasteiger charge is -2.03. The average Bonchev–Trinajstić information content (AvgIpc) is 2.92. The molecule has 2 aromatic rings. The number of hydrogen-bond donors (Lipinski definition) is 1. The topological polar surface area (TPSA) is 70.8 Å². The van der Waals surface area contributed by atoms with Gasteiger partial charge in [0.25, 0.3) is 0 Å². The molecule has 0 aliphatic heterocycles. The monoisotopic (exact) mass is 306 g/mol. The predicted molar refractivity (Wildman–Crippen MR) is 81.8 cm³/mol. The highest BCUT2D eigenvalue weighted by atomic mass is 32.2. The number of anilines is 2. The summed E-state index contributed by atoms with van der Waals surface area (Å²) in [4.78, 5) is 0. The fourth-order valence-electron chi connectivity index (χ4n) is 1.43. The molecule has 0 radical (unpaired) electrons. The highest BCUT2D eigenvalue weighted by Gasteiger charge is 2.05. The molecule has 1 aromatic carbocycles. The Balaban J connectivity index is 1.87. The summed E-state index contributed by atoms with van der Waals surface area (Å²) in [6, 6.07) is 9.77. The predicted octanol–water partition coefficient (Wildman–Crippen LogP) is 3.69. The van der Waals surface area contributed by atoms with E-state index in [9.17, 15) is 0 Å². The molecule has 0 fully saturated rings. The van der Waals surface area contributed by atoms with Crippen molar-refractivity contribution < 1.29 is 4.74 Å². The molecular formula is C13H14N4OS2. The van der Waals surface area contributed by atoms with Gasteiger partial charge in [0.05, 0.1) is 13.2 Å². The minimum atomic E-state index is 0.586. The zero-order valence-corrected chi connectivity index (χ0v) is 12.6. The molecular weight excluding hydrogens is 292 g/mol. The van der Waals surface area contributed by atoms with Gasteiger partial charge in [-0.1, -0.05) is 23.1 Å². The van der Waals surface area contributed by atoms with Gasteiger partial charge < -0.3 is 10.1 Å². The number of ether oxygens (including phenoxy) is 1. The van der Waals surface area contributed by atoms with E-state index in [4.69, 9.17) is 10.00 Å². The molecule has 20 heavy (non-hydrogen) atoms. The number of nitrogens with one attached hydrogen (secondary N) is 1. The first kappa shape index (κ1) is 14.6. The Labute approximate surface area is 126 Å². The van der Waals surface area contributed by atoms with Crippen molar-refractivity contribution in [1.82, 2.24) is 10.2 Å². The number of methoxy groups -OCH3 is 1. The van der Waals surface area contributed by atoms with Crippen LogP contribution in [-0.4, -0.2) is 23.1 Å². The zero-order chi connectivity index (χ0) is 14.2. The molecule has 0 amide bonds. The van der Waals surface area contributed by atoms with Gasteiger partial charge in [-0.05, 0) is 30.7 Å². The molecule has 1 N–H and O–H groups in total. The lowest BCUT2D eigenvalue weighted by molar-refractivity contribution is 0.415. The lowest BCUT2D eigenvalue weighted by atomic mass is 10.3. The quantitative estimate of drug-likeness (QED) is 0.621. The molecule has 0 atom stereocenters. The Bertz CT molecular complexity index is 577. The summed E-state index contributed by atoms with van der Waals surface area (Å²) >= 11 is 3.14. The first-order chi connectivity index (χ1) is 9.81. The van der Waals surface area contributed by atoms with Gasteiger partial charge in [-0.3, -0.25) is 0 Å². The Morgan fingerprint density at radius 3 is 2.85 bits per heavy atom. The highest BCUT2D eigenvalue weighted by Crippen LogP contribution is 2.28. The van der Waals surface area contributed by atoms with Crippen LogP contribution in [0.2, 0.25) is 0 Å². The third-order valence-electron chi connectivity index (χ3n) is 2.41. The molecule has 0 spiro atoms. The molecule has 0 aliphatic rings. The van der Waals surface area contributed by atoms with Crippen molar-refractivity contribution in [3.05, 3.63) is 24.3 Å². The van der Waals surface area contributed by atoms with E-state index in [0.717, 1.165) is 33.1 Å². The average molecular weight is 306 g/mol. The maximum atomic E-state index is 8.47. The van der Waals surface area contributed by atoms with Crippen LogP contribution in [0.1, 0.15) is 12.8 Å². The number of aromatic nitrogens is 2. The number of nitrogens with zero attached hydrogens (tertiary/aromatic N) is 3. The largest absolute Gasteiger partial charge is 0.497 e. The van der Waals surface area contributed by atoms with Crippen molar-refractivity contribution in [2.24, 2.45) is 0 Å². The van der Waals surface area contributed by atoms with Crippen LogP contribution in [0.15, 0.2) is 28.6 Å². The van der Waals surface area contributed by atoms with Crippen LogP contribution in [0.3, 0.4) is 0 Å². The SMILES string of the molecule is COc1ccc(Nc2nnc(SCCCC#N)s2)cc1. The molecule has 7 heteroatoms. The van der Waals surface area contributed by atoms with Gasteiger partial charge in [-0.25, -0.2) is 0 Å². The third-order valence-corrected chi connectivity index (χ3v) is 4.46. The summed E-state index contributed by atoms with van der Waals surface area (Å²) in [5.41, 5.74) is 0.947. The van der Waals surface area contributed by atoms with E-state index in [1.165, 1.54) is 11.3 Å². The van der Waals surface area contributed by atoms with Crippen LogP contribution < -0.4 is 10.1 Å². The summed E-state index contributed by atoms with van der Waals surface area (Å²) in [5.74, 6) is 1.71. The maximum Gasteiger partial charge on any atom is 0.210 e. The molecule has 1 aromatic heterocycles. The molecule has 104 valence electrons. The van der Waals surface area contributed by atoms with Crippen LogP contribution in [0, 0.1) is 11.3 Å². The maximum absolute atomic E-state index is 8.47. The fraction of sp³-hybridized carbons (Fsp3) is 0.308. The van der Waals surface area contributed by atoms with Crippen LogP contribution in [0.5, 0.6) is 5.75 Å². The van der Waals surface area contributed by atoms with Gasteiger partial charge in [-0.2, -0.15) is 5.26 Å². The van der Waals surface area contributed by atoms with Crippen molar-refractivity contribution in [3.8, 4) is 11.8 Å². The van der Waals surface area contributed by atoms with Gasteiger partial charge in [0.1, 0.15) is 5.75 Å². The minimum absolute atomic E-state index is 0.586. The molecule has 1 heterocycles. The second-order valence-electron chi connectivity index (χ2n) is 3.84. The first-order valence-corrected chi connectivity index (χ1v) is 7.86. The number of thioether (sulfide) groups is 1. The second-order valence-corrected chi connectivity index (χ2v) is 6.16. The fourth-order valence-corrected chi connectivity index (χ4v) is 3.21. The highest BCUT2D eigenvalue weighted by molar-refractivity contribution is 8.01. The summed E-state index contributed by atoms with van der Waals surface area (Å²) in [7, 11) is 1.64. The van der Waals surface area contributed by atoms with Crippen LogP contribution in [0.25, 0.3) is 0 Å². The Morgan fingerprint density at radius 2 is 2.15 bits per heavy atom. The standard InChI is InChI=1S/C13H14N4OS2/c1-18-11-6-4-10(5-7-11)15-12-16-17-13(20-12)19-9-3-2-8-14/h4-7H,2-3,9H2,1H3,(H,15,16). The number of benzene rings is 1. The smallest absolute Gasteiger partial charge is 0.210 e. The van der Waals surface area contributed by atoms with E-state index in [0.29, 0.717) is 6.42 Å². The first-order valence-electron chi connectivity index (χ1n) is 6.06. The van der Waals surface area contributed by atoms with Gasteiger partial charge in [0.2, 0.25) is 5.13 Å². The van der Waals surface area contributed by atoms with Crippen LogP contribution in [0.4, 0.5) is 10.8 Å². The normalized spacial score (nSPS) is 10.0. The van der Waals surface area contributed by atoms with Gasteiger partial charge in [-0.15, -0.1) is 10.2 Å². The van der Waals surface area contributed by atoms with Crippen LogP contribution in [-0.2, 0) is 0 Å². The molecule has 0 saturated heterocycles. The van der Waals surface area contributed by atoms with Gasteiger partial charge >= 0.3 is 0 Å². The number of unbranched alkanes of at least 4 members (excludes halogenated alkanes) is 1. The van der Waals surface area contributed by atoms with Gasteiger partial charge in [0.15, 0.2) is 4.34 Å². The van der Waals surface area contributed by atoms with Gasteiger partial charge in [0, 0.05) is 17.9 Å². The lowest BCUT2D eigenvalue weighted by Crippen LogP contribution is -1.89. The molecule has 0 bridgehead atoms. The van der Waals surface area contributed by atoms with Crippen LogP contribution >= 0.6 is 23.1 Å². The molecule has 5 nitrogen and oxygen atoms in total. The van der Waals surface area contributed by atoms with Crippen molar-refractivity contribution in [2.75, 3.05) is 18.2 Å². The Kier molecular flexibility index (Phi) is 5.65. The molecule has 0 aliphatic carbocycles. The minimum Gasteiger partial charge on any atom is -0.497 e. The van der Waals surface area contributed by atoms with E-state index in [1.807, 2.05) is 24.3 Å². The number of nitriles is 1. The molecule has 0 unspecified atom stereocenters. The van der Waals surface area contributed by atoms with Crippen molar-refractivity contribution in [2.45, 2.75) is 17.2 Å². The Morgan fingerprint density at radius 1 is 1.35 bits per heavy atom. The van der Waals surface area contributed by atoms with E-state index in [2.05, 4.69) is 21.6 Å². The summed E-state index contributed by atoms with van der Waals surface area (Å²) in [6.45, 7) is 0. The van der Waals surface area contributed by atoms with E-state index < -0.39 is 0 Å². The summed E-state index contributed by atoms with van der Waals surface area (Å²) < 4.78 is 6.02. The summed E-state index contributed by atoms with van der Waals surface area (Å²) in [5, 5.41) is 20.6. The number of hydrogen-bond acceptors (Lipinski definition) is 7. The van der Waals surface area contributed by atoms with Crippen molar-refractivity contribution in [1.29, 1.82) is 5.26 Å². The van der Waals surface area contributed by atoms with E-state index in [1.54, 1.807) is 18.9 Å².